The van der Waals surface area contributed by atoms with Crippen LogP contribution in [0.3, 0.4) is 0 Å². The lowest BCUT2D eigenvalue weighted by Crippen LogP contribution is -2.61. The van der Waals surface area contributed by atoms with E-state index in [2.05, 4.69) is 54.7 Å². The van der Waals surface area contributed by atoms with Gasteiger partial charge >= 0.3 is 0 Å². The minimum atomic E-state index is -1.08. The molecule has 0 aliphatic carbocycles. The van der Waals surface area contributed by atoms with E-state index in [1.807, 2.05) is 18.7 Å². The van der Waals surface area contributed by atoms with Crippen LogP contribution in [0.4, 0.5) is 0 Å². The van der Waals surface area contributed by atoms with Crippen LogP contribution in [0, 0.1) is 23.2 Å². The zero-order valence-electron chi connectivity index (χ0n) is 27.6. The molecule has 3 aliphatic rings. The molecule has 3 heterocycles. The molecule has 0 saturated carbocycles. The van der Waals surface area contributed by atoms with Gasteiger partial charge in [0.1, 0.15) is 11.6 Å². The Morgan fingerprint density at radius 1 is 1.10 bits per heavy atom. The van der Waals surface area contributed by atoms with Gasteiger partial charge in [-0.2, -0.15) is 0 Å². The highest BCUT2D eigenvalue weighted by Gasteiger charge is 2.80. The zero-order valence-corrected chi connectivity index (χ0v) is 27.6. The summed E-state index contributed by atoms with van der Waals surface area (Å²) >= 11 is 0. The first-order chi connectivity index (χ1) is 19.6. The normalized spacial score (nSPS) is 30.4. The highest BCUT2D eigenvalue weighted by Crippen LogP contribution is 2.65. The Morgan fingerprint density at radius 2 is 1.74 bits per heavy atom. The number of nitrogens with zero attached hydrogens (tertiary/aromatic N) is 3. The maximum Gasteiger partial charge on any atom is 0.249 e. The second-order valence-corrected chi connectivity index (χ2v) is 14.9. The van der Waals surface area contributed by atoms with Crippen LogP contribution in [0.2, 0.25) is 0 Å². The topological polar surface area (TPSA) is 90.4 Å². The quantitative estimate of drug-likeness (QED) is 0.219. The van der Waals surface area contributed by atoms with Crippen molar-refractivity contribution in [2.24, 2.45) is 23.2 Å². The Hall–Kier alpha value is -2.19. The summed E-state index contributed by atoms with van der Waals surface area (Å²) < 4.78 is 6.98. The smallest absolute Gasteiger partial charge is 0.249 e. The van der Waals surface area contributed by atoms with Crippen molar-refractivity contribution in [1.29, 1.82) is 0 Å². The number of carbonyl (C=O) groups is 3. The molecular weight excluding hydrogens is 530 g/mol. The number of rotatable bonds is 15. The molecular formula is C34H57N3O5. The summed E-state index contributed by atoms with van der Waals surface area (Å²) in [6, 6.07) is -0.829. The number of amides is 3. The third kappa shape index (κ3) is 6.08. The van der Waals surface area contributed by atoms with E-state index in [4.69, 9.17) is 4.74 Å². The first-order valence-electron chi connectivity index (χ1n) is 16.0. The van der Waals surface area contributed by atoms with Crippen molar-refractivity contribution in [3.8, 4) is 0 Å². The monoisotopic (exact) mass is 587 g/mol. The Labute approximate surface area is 254 Å². The highest BCUT2D eigenvalue weighted by atomic mass is 16.5. The van der Waals surface area contributed by atoms with E-state index >= 15 is 0 Å². The fraction of sp³-hybridized carbons (Fsp3) is 0.794. The number of hydrogen-bond acceptors (Lipinski definition) is 5. The lowest BCUT2D eigenvalue weighted by molar-refractivity contribution is -0.158. The number of likely N-dealkylation sites (tertiary alicyclic amines) is 1. The molecule has 2 bridgehead atoms. The highest BCUT2D eigenvalue weighted by molar-refractivity contribution is 5.99. The number of carbonyl (C=O) groups excluding carboxylic acids is 3. The van der Waals surface area contributed by atoms with Crippen molar-refractivity contribution in [3.05, 3.63) is 25.3 Å². The van der Waals surface area contributed by atoms with Crippen LogP contribution < -0.4 is 0 Å². The van der Waals surface area contributed by atoms with Crippen molar-refractivity contribution in [2.45, 2.75) is 117 Å². The fourth-order valence-electron chi connectivity index (χ4n) is 8.42. The van der Waals surface area contributed by atoms with Gasteiger partial charge in [0, 0.05) is 38.3 Å². The third-order valence-corrected chi connectivity index (χ3v) is 9.80. The Morgan fingerprint density at radius 3 is 2.29 bits per heavy atom. The molecule has 3 saturated heterocycles. The summed E-state index contributed by atoms with van der Waals surface area (Å²) in [6.07, 6.45) is 7.62. The van der Waals surface area contributed by atoms with E-state index in [0.29, 0.717) is 45.4 Å². The summed E-state index contributed by atoms with van der Waals surface area (Å²) in [5.41, 5.74) is -2.47. The van der Waals surface area contributed by atoms with E-state index in [1.165, 1.54) is 0 Å². The summed E-state index contributed by atoms with van der Waals surface area (Å²) in [5.74, 6) is -1.79. The van der Waals surface area contributed by atoms with E-state index < -0.39 is 34.6 Å². The first kappa shape index (κ1) is 34.3. The van der Waals surface area contributed by atoms with Gasteiger partial charge in [-0.25, -0.2) is 0 Å². The van der Waals surface area contributed by atoms with E-state index in [1.54, 1.807) is 22.0 Å². The number of fused-ring (bicyclic) bond motifs is 1. The molecule has 3 rings (SSSR count). The van der Waals surface area contributed by atoms with Crippen molar-refractivity contribution in [1.82, 2.24) is 14.7 Å². The van der Waals surface area contributed by atoms with Gasteiger partial charge in [0.25, 0.3) is 0 Å². The minimum absolute atomic E-state index is 0.0113. The molecule has 0 aromatic carbocycles. The van der Waals surface area contributed by atoms with Gasteiger partial charge in [-0.15, -0.1) is 13.2 Å². The summed E-state index contributed by atoms with van der Waals surface area (Å²) in [5, 5.41) is 9.35. The molecule has 0 aromatic heterocycles. The maximum atomic E-state index is 14.9. The fourth-order valence-corrected chi connectivity index (χ4v) is 8.42. The molecule has 8 nitrogen and oxygen atoms in total. The number of aliphatic hydroxyl groups excluding tert-OH is 1. The molecule has 3 aliphatic heterocycles. The van der Waals surface area contributed by atoms with Gasteiger partial charge in [0.2, 0.25) is 17.7 Å². The summed E-state index contributed by atoms with van der Waals surface area (Å²) in [7, 11) is 0. The Bertz CT molecular complexity index is 1030. The number of ether oxygens (including phenoxy) is 1. The molecule has 0 radical (unpaired) electrons. The van der Waals surface area contributed by atoms with Gasteiger partial charge in [-0.1, -0.05) is 46.8 Å². The minimum Gasteiger partial charge on any atom is -0.396 e. The van der Waals surface area contributed by atoms with Gasteiger partial charge in [-0.3, -0.25) is 14.4 Å². The van der Waals surface area contributed by atoms with E-state index in [-0.39, 0.29) is 35.7 Å². The predicted octanol–water partition coefficient (Wildman–Crippen LogP) is 4.81. The Kier molecular flexibility index (Phi) is 10.5. The average molecular weight is 588 g/mol. The van der Waals surface area contributed by atoms with Crippen molar-refractivity contribution < 1.29 is 24.2 Å². The molecule has 8 heteroatoms. The van der Waals surface area contributed by atoms with Crippen LogP contribution in [-0.2, 0) is 19.1 Å². The zero-order chi connectivity index (χ0) is 31.7. The Balaban J connectivity index is 2.14. The van der Waals surface area contributed by atoms with Crippen LogP contribution in [0.1, 0.15) is 93.9 Å². The molecule has 1 N–H and O–H groups in total. The molecule has 0 aromatic rings. The van der Waals surface area contributed by atoms with Crippen LogP contribution in [0.15, 0.2) is 25.3 Å². The molecule has 42 heavy (non-hydrogen) atoms. The average Bonchev–Trinajstić information content (AvgIpc) is 3.39. The van der Waals surface area contributed by atoms with Gasteiger partial charge in [0.15, 0.2) is 0 Å². The third-order valence-electron chi connectivity index (χ3n) is 9.80. The first-order valence-corrected chi connectivity index (χ1v) is 16.0. The molecule has 1 spiro atoms. The number of unbranched alkanes of at least 4 members (excludes halogenated alkanes) is 2. The molecule has 3 amide bonds. The van der Waals surface area contributed by atoms with Crippen LogP contribution in [-0.4, -0.2) is 93.1 Å². The lowest BCUT2D eigenvalue weighted by Gasteiger charge is -2.45. The van der Waals surface area contributed by atoms with Crippen LogP contribution >= 0.6 is 0 Å². The molecule has 3 unspecified atom stereocenters. The van der Waals surface area contributed by atoms with Crippen LogP contribution in [0.5, 0.6) is 0 Å². The second-order valence-electron chi connectivity index (χ2n) is 14.9. The van der Waals surface area contributed by atoms with Gasteiger partial charge in [-0.05, 0) is 70.6 Å². The second kappa shape index (κ2) is 12.8. The molecule has 238 valence electrons. The number of aliphatic hydroxyl groups is 1. The summed E-state index contributed by atoms with van der Waals surface area (Å²) in [4.78, 5) is 49.1. The van der Waals surface area contributed by atoms with Crippen molar-refractivity contribution in [3.63, 3.8) is 0 Å². The van der Waals surface area contributed by atoms with E-state index in [9.17, 15) is 19.5 Å². The van der Waals surface area contributed by atoms with Crippen molar-refractivity contribution in [2.75, 3.05) is 32.8 Å². The summed E-state index contributed by atoms with van der Waals surface area (Å²) in [6.45, 7) is 26.4. The van der Waals surface area contributed by atoms with Crippen LogP contribution in [0.25, 0.3) is 0 Å². The van der Waals surface area contributed by atoms with E-state index in [0.717, 1.165) is 19.3 Å². The largest absolute Gasteiger partial charge is 0.396 e. The SMILES string of the molecule is C=CCN(CCC)C(=O)[C@H]1[C@H]2C(=O)N(CCCCCO)C(C(=O)N(CC=C)C(C)(C)CC(C)(C)C)C23CC(C)[C@]1(C)O3. The standard InChI is InChI=1S/C34H57N3O5/c1-11-17-35(18-12-2)28(39)25-26-29(40)36(20-15-14-16-21-38)27(34(26)22-24(4)33(25,10)42-34)30(41)37(19-13-3)32(8,9)23-31(5,6)7/h11,13,24-27,38H,1,3,12,14-23H2,2,4-10H3/t24?,25-,26+,27?,33+,34?/m1/s1. The number of hydrogen-bond donors (Lipinski definition) is 1. The maximum absolute atomic E-state index is 14.9. The predicted molar refractivity (Wildman–Crippen MR) is 167 cm³/mol. The van der Waals surface area contributed by atoms with Gasteiger partial charge in [0.05, 0.1) is 17.4 Å². The molecule has 6 atom stereocenters. The lowest BCUT2D eigenvalue weighted by atomic mass is 9.62. The van der Waals surface area contributed by atoms with Crippen molar-refractivity contribution >= 4 is 17.7 Å². The van der Waals surface area contributed by atoms with Gasteiger partial charge < -0.3 is 24.5 Å². The molecule has 3 fully saturated rings.